The van der Waals surface area contributed by atoms with Crippen molar-refractivity contribution in [3.05, 3.63) is 99.0 Å². The predicted molar refractivity (Wildman–Crippen MR) is 172 cm³/mol. The normalized spacial score (nSPS) is 14.2. The average molecular weight is 684 g/mol. The van der Waals surface area contributed by atoms with Gasteiger partial charge in [-0.3, -0.25) is 14.4 Å². The number of rotatable bonds is 14. The number of unbranched alkanes of at least 4 members (excludes halogenated alkanes) is 6. The molecule has 0 aliphatic heterocycles. The fraction of sp³-hybridized carbons (Fsp3) is 0.417. The van der Waals surface area contributed by atoms with Crippen molar-refractivity contribution in [3.8, 4) is 0 Å². The molecule has 8 nitrogen and oxygen atoms in total. The van der Waals surface area contributed by atoms with Gasteiger partial charge < -0.3 is 10.6 Å². The Hall–Kier alpha value is -4.68. The van der Waals surface area contributed by atoms with Gasteiger partial charge >= 0.3 is 6.18 Å². The first-order valence-electron chi connectivity index (χ1n) is 16.5. The summed E-state index contributed by atoms with van der Waals surface area (Å²) in [7, 11) is 0. The van der Waals surface area contributed by atoms with Gasteiger partial charge in [0.25, 0.3) is 11.8 Å². The van der Waals surface area contributed by atoms with Crippen LogP contribution in [0.4, 0.5) is 22.0 Å². The molecule has 0 unspecified atom stereocenters. The third-order valence-corrected chi connectivity index (χ3v) is 8.99. The van der Waals surface area contributed by atoms with E-state index in [-0.39, 0.29) is 22.7 Å². The van der Waals surface area contributed by atoms with Crippen LogP contribution in [0.15, 0.2) is 42.6 Å². The summed E-state index contributed by atoms with van der Waals surface area (Å²) in [5, 5.41) is 9.21. The van der Waals surface area contributed by atoms with Crippen LogP contribution in [0.1, 0.15) is 130 Å². The van der Waals surface area contributed by atoms with Crippen molar-refractivity contribution in [2.75, 3.05) is 0 Å². The largest absolute Gasteiger partial charge is 0.419 e. The van der Waals surface area contributed by atoms with Crippen molar-refractivity contribution in [2.45, 2.75) is 96.8 Å². The van der Waals surface area contributed by atoms with Crippen LogP contribution in [-0.2, 0) is 19.1 Å². The summed E-state index contributed by atoms with van der Waals surface area (Å²) in [5.41, 5.74) is 0.972. The van der Waals surface area contributed by atoms with Gasteiger partial charge in [-0.1, -0.05) is 63.6 Å². The molecule has 49 heavy (non-hydrogen) atoms. The highest BCUT2D eigenvalue weighted by Gasteiger charge is 2.34. The van der Waals surface area contributed by atoms with Crippen molar-refractivity contribution in [3.63, 3.8) is 0 Å². The van der Waals surface area contributed by atoms with Gasteiger partial charge in [-0.2, -0.15) is 18.3 Å². The van der Waals surface area contributed by atoms with Crippen LogP contribution in [0.3, 0.4) is 0 Å². The van der Waals surface area contributed by atoms with Crippen LogP contribution < -0.4 is 10.6 Å². The number of amides is 2. The second-order valence-corrected chi connectivity index (χ2v) is 12.4. The Balaban J connectivity index is 1.28. The van der Waals surface area contributed by atoms with E-state index in [4.69, 9.17) is 0 Å². The molecule has 13 heteroatoms. The molecule has 2 aromatic carbocycles. The molecule has 0 radical (unpaired) electrons. The van der Waals surface area contributed by atoms with Gasteiger partial charge in [0.05, 0.1) is 17.8 Å². The van der Waals surface area contributed by atoms with Gasteiger partial charge in [0, 0.05) is 24.6 Å². The minimum atomic E-state index is -4.93. The van der Waals surface area contributed by atoms with Gasteiger partial charge in [-0.05, 0) is 60.6 Å². The molecule has 2 aromatic heterocycles. The Labute approximate surface area is 280 Å². The number of benzene rings is 2. The Morgan fingerprint density at radius 1 is 0.939 bits per heavy atom. The molecule has 2 amide bonds. The van der Waals surface area contributed by atoms with Crippen LogP contribution in [0, 0.1) is 18.6 Å². The van der Waals surface area contributed by atoms with E-state index in [1.54, 1.807) is 6.07 Å². The lowest BCUT2D eigenvalue weighted by molar-refractivity contribution is -0.140. The smallest absolute Gasteiger partial charge is 0.347 e. The lowest BCUT2D eigenvalue weighted by atomic mass is 9.93. The van der Waals surface area contributed by atoms with Crippen molar-refractivity contribution in [1.29, 1.82) is 0 Å². The first-order valence-corrected chi connectivity index (χ1v) is 16.5. The van der Waals surface area contributed by atoms with Crippen molar-refractivity contribution in [1.82, 2.24) is 25.2 Å². The summed E-state index contributed by atoms with van der Waals surface area (Å²) in [5.74, 6) is -3.80. The summed E-state index contributed by atoms with van der Waals surface area (Å²) in [4.78, 5) is 43.6. The Morgan fingerprint density at radius 3 is 2.41 bits per heavy atom. The molecular formula is C36H38F5N5O3. The number of alkyl halides is 3. The zero-order valence-corrected chi connectivity index (χ0v) is 27.4. The first kappa shape index (κ1) is 35.6. The fourth-order valence-electron chi connectivity index (χ4n) is 6.33. The summed E-state index contributed by atoms with van der Waals surface area (Å²) in [6.07, 6.45) is 5.45. The van der Waals surface area contributed by atoms with Crippen LogP contribution in [-0.4, -0.2) is 32.2 Å². The lowest BCUT2D eigenvalue weighted by Gasteiger charge is -2.17. The summed E-state index contributed by atoms with van der Waals surface area (Å²) >= 11 is 0. The third-order valence-electron chi connectivity index (χ3n) is 8.99. The second kappa shape index (κ2) is 15.3. The van der Waals surface area contributed by atoms with Crippen LogP contribution in [0.2, 0.25) is 0 Å². The topological polar surface area (TPSA) is 105 Å². The van der Waals surface area contributed by atoms with Gasteiger partial charge in [0.15, 0.2) is 17.2 Å². The van der Waals surface area contributed by atoms with E-state index in [0.717, 1.165) is 58.8 Å². The maximum absolute atomic E-state index is 14.6. The van der Waals surface area contributed by atoms with E-state index in [1.165, 1.54) is 25.7 Å². The summed E-state index contributed by atoms with van der Waals surface area (Å²) in [6, 6.07) is 6.67. The quantitative estimate of drug-likeness (QED) is 0.0796. The van der Waals surface area contributed by atoms with E-state index in [9.17, 15) is 36.3 Å². The lowest BCUT2D eigenvalue weighted by Crippen LogP contribution is -2.30. The Bertz CT molecular complexity index is 1870. The van der Waals surface area contributed by atoms with E-state index in [2.05, 4.69) is 27.6 Å². The van der Waals surface area contributed by atoms with Crippen molar-refractivity contribution >= 4 is 23.2 Å². The zero-order chi connectivity index (χ0) is 35.3. The van der Waals surface area contributed by atoms with Gasteiger partial charge in [-0.15, -0.1) is 0 Å². The van der Waals surface area contributed by atoms with Crippen molar-refractivity contribution in [2.24, 2.45) is 0 Å². The molecule has 2 N–H and O–H groups in total. The van der Waals surface area contributed by atoms with E-state index < -0.39 is 53.4 Å². The molecule has 5 rings (SSSR count). The van der Waals surface area contributed by atoms with Crippen molar-refractivity contribution < 1.29 is 36.3 Å². The van der Waals surface area contributed by atoms with Crippen LogP contribution in [0.25, 0.3) is 5.65 Å². The number of fused-ring (bicyclic) bond motifs is 2. The monoisotopic (exact) mass is 683 g/mol. The minimum absolute atomic E-state index is 0.0329. The fourth-order valence-corrected chi connectivity index (χ4v) is 6.33. The number of aromatic nitrogens is 3. The molecule has 0 saturated carbocycles. The van der Waals surface area contributed by atoms with E-state index >= 15 is 0 Å². The van der Waals surface area contributed by atoms with Gasteiger partial charge in [0.2, 0.25) is 0 Å². The van der Waals surface area contributed by atoms with Crippen LogP contribution >= 0.6 is 0 Å². The minimum Gasteiger partial charge on any atom is -0.347 e. The molecule has 1 aliphatic rings. The first-order chi connectivity index (χ1) is 23.4. The number of halogens is 5. The molecule has 4 aromatic rings. The number of carbonyl (C=O) groups excluding carboxylic acids is 3. The van der Waals surface area contributed by atoms with Gasteiger partial charge in [-0.25, -0.2) is 18.3 Å². The standard InChI is InChI=1S/C36H38F5N5O3/c1-3-4-5-6-7-8-9-10-32(47)24-12-13-25-23(21(24)2)14-16-29(25)45-35(49)31-18-30(44-33-28(38)20-43-46(31)33)34(48)42-19-22-11-15-27(37)26(17-22)36(39,40)41/h11-13,15,17-18,20,29H,3-10,14,16,19H2,1-2H3,(H,42,48)(H,45,49)/t29-/m0/s1. The van der Waals surface area contributed by atoms with Crippen LogP contribution in [0.5, 0.6) is 0 Å². The summed E-state index contributed by atoms with van der Waals surface area (Å²) < 4.78 is 68.6. The highest BCUT2D eigenvalue weighted by Crippen LogP contribution is 2.36. The van der Waals surface area contributed by atoms with Gasteiger partial charge in [0.1, 0.15) is 17.2 Å². The average Bonchev–Trinajstić information content (AvgIpc) is 3.66. The second-order valence-electron chi connectivity index (χ2n) is 12.4. The number of Topliss-reactive ketones (excluding diaryl/α,β-unsaturated/α-hetero) is 1. The maximum Gasteiger partial charge on any atom is 0.419 e. The maximum atomic E-state index is 14.6. The number of nitrogens with zero attached hydrogens (tertiary/aromatic N) is 3. The highest BCUT2D eigenvalue weighted by atomic mass is 19.4. The Kier molecular flexibility index (Phi) is 11.1. The molecule has 0 spiro atoms. The molecule has 0 bridgehead atoms. The third kappa shape index (κ3) is 8.14. The molecule has 0 fully saturated rings. The molecule has 1 atom stereocenters. The number of hydrogen-bond donors (Lipinski definition) is 2. The molecule has 260 valence electrons. The molecule has 2 heterocycles. The molecule has 0 saturated heterocycles. The Morgan fingerprint density at radius 2 is 1.67 bits per heavy atom. The summed E-state index contributed by atoms with van der Waals surface area (Å²) in [6.45, 7) is 3.68. The molecular weight excluding hydrogens is 645 g/mol. The predicted octanol–water partition coefficient (Wildman–Crippen LogP) is 8.01. The number of carbonyl (C=O) groups is 3. The molecule has 1 aliphatic carbocycles. The SMILES string of the molecule is CCCCCCCCCC(=O)c1ccc2c(c1C)CC[C@@H]2NC(=O)c1cc(C(=O)NCc2ccc(F)c(C(F)(F)F)c2)nc2c(F)cnn12. The zero-order valence-electron chi connectivity index (χ0n) is 27.4. The number of nitrogens with one attached hydrogen (secondary N) is 2. The van der Waals surface area contributed by atoms with E-state index in [0.29, 0.717) is 37.0 Å². The van der Waals surface area contributed by atoms with E-state index in [1.807, 2.05) is 13.0 Å². The number of ketones is 1. The highest BCUT2D eigenvalue weighted by molar-refractivity contribution is 5.99. The number of hydrogen-bond acceptors (Lipinski definition) is 5.